The predicted octanol–water partition coefficient (Wildman–Crippen LogP) is 1.93. The lowest BCUT2D eigenvalue weighted by Gasteiger charge is -2.47. The summed E-state index contributed by atoms with van der Waals surface area (Å²) >= 11 is 0. The van der Waals surface area contributed by atoms with Gasteiger partial charge in [0.05, 0.1) is 6.20 Å². The van der Waals surface area contributed by atoms with Gasteiger partial charge in [0.25, 0.3) is 0 Å². The fourth-order valence-corrected chi connectivity index (χ4v) is 3.47. The van der Waals surface area contributed by atoms with Crippen molar-refractivity contribution in [1.29, 1.82) is 0 Å². The number of hydrogen-bond donors (Lipinski definition) is 2. The molecule has 1 saturated heterocycles. The molecule has 2 heterocycles. The summed E-state index contributed by atoms with van der Waals surface area (Å²) in [4.78, 5) is 2.63. The predicted molar refractivity (Wildman–Crippen MR) is 86.8 cm³/mol. The van der Waals surface area contributed by atoms with Gasteiger partial charge in [-0.15, -0.1) is 0 Å². The van der Waals surface area contributed by atoms with Crippen LogP contribution in [0.4, 0.5) is 0 Å². The summed E-state index contributed by atoms with van der Waals surface area (Å²) in [6.45, 7) is 10.0. The van der Waals surface area contributed by atoms with Crippen LogP contribution in [0, 0.1) is 0 Å². The second kappa shape index (κ2) is 7.38. The Morgan fingerprint density at radius 2 is 2.05 bits per heavy atom. The van der Waals surface area contributed by atoms with Crippen LogP contribution in [0.2, 0.25) is 0 Å². The Labute approximate surface area is 128 Å². The maximum Gasteiger partial charge on any atom is 0.0522 e. The van der Waals surface area contributed by atoms with Crippen LogP contribution in [-0.2, 0) is 13.0 Å². The highest BCUT2D eigenvalue weighted by molar-refractivity contribution is 5.10. The summed E-state index contributed by atoms with van der Waals surface area (Å²) < 4.78 is 1.98. The Kier molecular flexibility index (Phi) is 5.79. The minimum Gasteiger partial charge on any atom is -0.296 e. The van der Waals surface area contributed by atoms with E-state index in [-0.39, 0.29) is 11.6 Å². The molecule has 0 spiro atoms. The fraction of sp³-hybridized carbons (Fsp3) is 0.812. The van der Waals surface area contributed by atoms with Crippen LogP contribution in [0.15, 0.2) is 12.4 Å². The smallest absolute Gasteiger partial charge is 0.0522 e. The van der Waals surface area contributed by atoms with E-state index < -0.39 is 0 Å². The fourth-order valence-electron chi connectivity index (χ4n) is 3.47. The molecular formula is C16H31N5. The number of hydrazine groups is 1. The van der Waals surface area contributed by atoms with Gasteiger partial charge in [-0.3, -0.25) is 20.9 Å². The van der Waals surface area contributed by atoms with Gasteiger partial charge in [0, 0.05) is 24.3 Å². The van der Waals surface area contributed by atoms with Gasteiger partial charge < -0.3 is 0 Å². The Balaban J connectivity index is 2.11. The zero-order chi connectivity index (χ0) is 15.3. The van der Waals surface area contributed by atoms with Gasteiger partial charge >= 0.3 is 0 Å². The number of rotatable bonds is 7. The Bertz CT molecular complexity index is 424. The van der Waals surface area contributed by atoms with Crippen molar-refractivity contribution in [3.8, 4) is 0 Å². The Morgan fingerprint density at radius 1 is 1.33 bits per heavy atom. The second-order valence-electron chi connectivity index (χ2n) is 6.39. The van der Waals surface area contributed by atoms with Crippen LogP contribution in [-0.4, -0.2) is 39.4 Å². The molecule has 2 rings (SSSR count). The highest BCUT2D eigenvalue weighted by Crippen LogP contribution is 2.29. The normalized spacial score (nSPS) is 21.1. The lowest BCUT2D eigenvalue weighted by Crippen LogP contribution is -2.62. The van der Waals surface area contributed by atoms with Gasteiger partial charge in [-0.25, -0.2) is 0 Å². The van der Waals surface area contributed by atoms with E-state index in [4.69, 9.17) is 5.84 Å². The van der Waals surface area contributed by atoms with Crippen LogP contribution in [0.3, 0.4) is 0 Å². The Hall–Kier alpha value is -0.910. The van der Waals surface area contributed by atoms with Crippen molar-refractivity contribution in [2.45, 2.75) is 71.0 Å². The third-order valence-corrected chi connectivity index (χ3v) is 5.20. The van der Waals surface area contributed by atoms with E-state index in [1.807, 2.05) is 10.9 Å². The molecule has 1 fully saturated rings. The first-order valence-corrected chi connectivity index (χ1v) is 8.36. The monoisotopic (exact) mass is 293 g/mol. The van der Waals surface area contributed by atoms with Crippen molar-refractivity contribution in [3.05, 3.63) is 18.0 Å². The summed E-state index contributed by atoms with van der Waals surface area (Å²) in [5.41, 5.74) is 4.45. The first kappa shape index (κ1) is 16.5. The minimum atomic E-state index is 0.101. The van der Waals surface area contributed by atoms with E-state index in [0.717, 1.165) is 19.4 Å². The maximum absolute atomic E-state index is 5.92. The van der Waals surface area contributed by atoms with Crippen molar-refractivity contribution in [2.24, 2.45) is 5.84 Å². The lowest BCUT2D eigenvalue weighted by atomic mass is 9.83. The summed E-state index contributed by atoms with van der Waals surface area (Å²) in [5.74, 6) is 5.92. The number of likely N-dealkylation sites (tertiary alicyclic amines) is 1. The third kappa shape index (κ3) is 3.65. The van der Waals surface area contributed by atoms with Gasteiger partial charge in [-0.05, 0) is 58.2 Å². The van der Waals surface area contributed by atoms with Crippen LogP contribution in [0.5, 0.6) is 0 Å². The SMILES string of the molecule is CCn1cc(CC(NN)C(C)(CC)N2CCCCC2)cn1. The molecule has 1 aromatic heterocycles. The quantitative estimate of drug-likeness (QED) is 0.596. The largest absolute Gasteiger partial charge is 0.296 e. The van der Waals surface area contributed by atoms with Crippen molar-refractivity contribution in [3.63, 3.8) is 0 Å². The van der Waals surface area contributed by atoms with Gasteiger partial charge in [0.15, 0.2) is 0 Å². The molecule has 21 heavy (non-hydrogen) atoms. The third-order valence-electron chi connectivity index (χ3n) is 5.20. The number of nitrogens with two attached hydrogens (primary N) is 1. The highest BCUT2D eigenvalue weighted by atomic mass is 15.3. The van der Waals surface area contributed by atoms with Crippen LogP contribution < -0.4 is 11.3 Å². The van der Waals surface area contributed by atoms with Crippen molar-refractivity contribution >= 4 is 0 Å². The van der Waals surface area contributed by atoms with Crippen molar-refractivity contribution < 1.29 is 0 Å². The van der Waals surface area contributed by atoms with Crippen molar-refractivity contribution in [1.82, 2.24) is 20.1 Å². The van der Waals surface area contributed by atoms with Gasteiger partial charge in [0.2, 0.25) is 0 Å². The summed E-state index contributed by atoms with van der Waals surface area (Å²) in [7, 11) is 0. The summed E-state index contributed by atoms with van der Waals surface area (Å²) in [6, 6.07) is 0.245. The first-order valence-electron chi connectivity index (χ1n) is 8.36. The van der Waals surface area contributed by atoms with Crippen LogP contribution in [0.25, 0.3) is 0 Å². The molecule has 0 aromatic carbocycles. The van der Waals surface area contributed by atoms with Gasteiger partial charge in [-0.2, -0.15) is 5.10 Å². The first-order chi connectivity index (χ1) is 10.1. The molecule has 1 aliphatic rings. The number of aryl methyl sites for hydroxylation is 1. The second-order valence-corrected chi connectivity index (χ2v) is 6.39. The standard InChI is InChI=1S/C16H31N5/c1-4-16(3,20-9-7-6-8-10-20)15(19-17)11-14-12-18-21(5-2)13-14/h12-13,15,19H,4-11,17H2,1-3H3. The number of aromatic nitrogens is 2. The van der Waals surface area contributed by atoms with E-state index in [1.165, 1.54) is 37.9 Å². The molecule has 0 bridgehead atoms. The average molecular weight is 293 g/mol. The van der Waals surface area contributed by atoms with Gasteiger partial charge in [0.1, 0.15) is 0 Å². The molecule has 0 amide bonds. The lowest BCUT2D eigenvalue weighted by molar-refractivity contribution is 0.0429. The number of hydrogen-bond acceptors (Lipinski definition) is 4. The molecule has 5 heteroatoms. The number of nitrogens with one attached hydrogen (secondary N) is 1. The van der Waals surface area contributed by atoms with E-state index in [0.29, 0.717) is 0 Å². The number of piperidine rings is 1. The average Bonchev–Trinajstić information content (AvgIpc) is 3.00. The molecule has 2 atom stereocenters. The summed E-state index contributed by atoms with van der Waals surface area (Å²) in [6.07, 6.45) is 10.1. The van der Waals surface area contributed by atoms with E-state index in [2.05, 4.69) is 42.4 Å². The molecule has 120 valence electrons. The Morgan fingerprint density at radius 3 is 2.57 bits per heavy atom. The van der Waals surface area contributed by atoms with Crippen molar-refractivity contribution in [2.75, 3.05) is 13.1 Å². The molecule has 2 unspecified atom stereocenters. The van der Waals surface area contributed by atoms with Crippen LogP contribution in [0.1, 0.15) is 52.0 Å². The van der Waals surface area contributed by atoms with Crippen LogP contribution >= 0.6 is 0 Å². The maximum atomic E-state index is 5.92. The number of nitrogens with zero attached hydrogens (tertiary/aromatic N) is 3. The highest BCUT2D eigenvalue weighted by Gasteiger charge is 2.38. The minimum absolute atomic E-state index is 0.101. The zero-order valence-electron chi connectivity index (χ0n) is 13.8. The van der Waals surface area contributed by atoms with E-state index in [9.17, 15) is 0 Å². The topological polar surface area (TPSA) is 59.1 Å². The molecule has 3 N–H and O–H groups in total. The molecule has 5 nitrogen and oxygen atoms in total. The zero-order valence-corrected chi connectivity index (χ0v) is 13.8. The molecule has 0 saturated carbocycles. The molecule has 0 radical (unpaired) electrons. The molecule has 1 aliphatic heterocycles. The molecular weight excluding hydrogens is 262 g/mol. The van der Waals surface area contributed by atoms with E-state index >= 15 is 0 Å². The molecule has 0 aliphatic carbocycles. The molecule has 1 aromatic rings. The summed E-state index contributed by atoms with van der Waals surface area (Å²) in [5, 5.41) is 4.38. The van der Waals surface area contributed by atoms with Gasteiger partial charge in [-0.1, -0.05) is 13.3 Å². The van der Waals surface area contributed by atoms with E-state index in [1.54, 1.807) is 0 Å².